The molecule has 1 saturated carbocycles. The standard InChI is InChI=1S/C19H23FN2O4/c20-14-3-1-12(2-4-14)11-21-17(23)13-7-9-22(10-8-13)18(24)15-5-6-16(15)19(25)26/h1-4,13,15-16H,5-11H2,(H,21,23)(H,25,26). The Balaban J connectivity index is 1.44. The number of carbonyl (C=O) groups excluding carboxylic acids is 2. The summed E-state index contributed by atoms with van der Waals surface area (Å²) in [5, 5.41) is 11.9. The first kappa shape index (κ1) is 18.4. The number of hydrogen-bond acceptors (Lipinski definition) is 3. The highest BCUT2D eigenvalue weighted by Gasteiger charge is 2.43. The van der Waals surface area contributed by atoms with Gasteiger partial charge in [-0.1, -0.05) is 12.1 Å². The molecule has 0 spiro atoms. The van der Waals surface area contributed by atoms with Crippen molar-refractivity contribution in [2.24, 2.45) is 17.8 Å². The van der Waals surface area contributed by atoms with Crippen molar-refractivity contribution in [2.75, 3.05) is 13.1 Å². The molecule has 2 atom stereocenters. The van der Waals surface area contributed by atoms with Crippen molar-refractivity contribution >= 4 is 17.8 Å². The summed E-state index contributed by atoms with van der Waals surface area (Å²) in [6.07, 6.45) is 2.35. The summed E-state index contributed by atoms with van der Waals surface area (Å²) in [6, 6.07) is 5.98. The second kappa shape index (κ2) is 7.85. The van der Waals surface area contributed by atoms with E-state index in [0.717, 1.165) is 5.56 Å². The molecule has 3 rings (SSSR count). The Kier molecular flexibility index (Phi) is 5.54. The van der Waals surface area contributed by atoms with Crippen molar-refractivity contribution in [1.29, 1.82) is 0 Å². The minimum Gasteiger partial charge on any atom is -0.481 e. The molecular formula is C19H23FN2O4. The number of nitrogens with one attached hydrogen (secondary N) is 1. The van der Waals surface area contributed by atoms with Crippen LogP contribution < -0.4 is 5.32 Å². The molecule has 2 amide bonds. The molecule has 1 aliphatic carbocycles. The lowest BCUT2D eigenvalue weighted by Gasteiger charge is -2.39. The van der Waals surface area contributed by atoms with Gasteiger partial charge >= 0.3 is 5.97 Å². The summed E-state index contributed by atoms with van der Waals surface area (Å²) >= 11 is 0. The van der Waals surface area contributed by atoms with Crippen molar-refractivity contribution in [3.8, 4) is 0 Å². The van der Waals surface area contributed by atoms with Crippen LogP contribution in [-0.2, 0) is 20.9 Å². The van der Waals surface area contributed by atoms with E-state index in [-0.39, 0.29) is 23.5 Å². The number of rotatable bonds is 5. The maximum absolute atomic E-state index is 12.9. The van der Waals surface area contributed by atoms with Gasteiger partial charge in [-0.05, 0) is 43.4 Å². The quantitative estimate of drug-likeness (QED) is 0.836. The van der Waals surface area contributed by atoms with E-state index in [4.69, 9.17) is 5.11 Å². The summed E-state index contributed by atoms with van der Waals surface area (Å²) in [5.41, 5.74) is 0.831. The maximum atomic E-state index is 12.9. The smallest absolute Gasteiger partial charge is 0.307 e. The molecule has 2 N–H and O–H groups in total. The number of nitrogens with zero attached hydrogens (tertiary/aromatic N) is 1. The first-order chi connectivity index (χ1) is 12.5. The Labute approximate surface area is 151 Å². The van der Waals surface area contributed by atoms with Crippen LogP contribution in [0.3, 0.4) is 0 Å². The first-order valence-electron chi connectivity index (χ1n) is 8.99. The summed E-state index contributed by atoms with van der Waals surface area (Å²) in [5.74, 6) is -2.48. The van der Waals surface area contributed by atoms with E-state index in [2.05, 4.69) is 5.32 Å². The lowest BCUT2D eigenvalue weighted by atomic mass is 9.72. The second-order valence-corrected chi connectivity index (χ2v) is 7.07. The van der Waals surface area contributed by atoms with E-state index < -0.39 is 17.8 Å². The normalized spacial score (nSPS) is 23.2. The lowest BCUT2D eigenvalue weighted by molar-refractivity contribution is -0.157. The average molecular weight is 362 g/mol. The molecule has 2 unspecified atom stereocenters. The molecule has 7 heteroatoms. The van der Waals surface area contributed by atoms with Crippen molar-refractivity contribution < 1.29 is 23.9 Å². The van der Waals surface area contributed by atoms with E-state index >= 15 is 0 Å². The molecule has 140 valence electrons. The fraction of sp³-hybridized carbons (Fsp3) is 0.526. The molecule has 0 aromatic heterocycles. The summed E-state index contributed by atoms with van der Waals surface area (Å²) in [7, 11) is 0. The minimum absolute atomic E-state index is 0.0616. The van der Waals surface area contributed by atoms with Crippen molar-refractivity contribution in [2.45, 2.75) is 32.2 Å². The van der Waals surface area contributed by atoms with Gasteiger partial charge in [0, 0.05) is 25.6 Å². The first-order valence-corrected chi connectivity index (χ1v) is 8.99. The molecule has 1 aliphatic heterocycles. The second-order valence-electron chi connectivity index (χ2n) is 7.07. The van der Waals surface area contributed by atoms with E-state index in [1.165, 1.54) is 12.1 Å². The number of carbonyl (C=O) groups is 3. The predicted octanol–water partition coefficient (Wildman–Crippen LogP) is 1.79. The lowest BCUT2D eigenvalue weighted by Crippen LogP contribution is -2.49. The molecule has 2 fully saturated rings. The third-order valence-corrected chi connectivity index (χ3v) is 5.47. The van der Waals surface area contributed by atoms with Gasteiger partial charge in [-0.2, -0.15) is 0 Å². The molecule has 6 nitrogen and oxygen atoms in total. The molecule has 1 saturated heterocycles. The highest BCUT2D eigenvalue weighted by Crippen LogP contribution is 2.36. The third kappa shape index (κ3) is 4.03. The van der Waals surface area contributed by atoms with Crippen LogP contribution in [0, 0.1) is 23.6 Å². The largest absolute Gasteiger partial charge is 0.481 e. The van der Waals surface area contributed by atoms with Crippen LogP contribution in [0.1, 0.15) is 31.2 Å². The predicted molar refractivity (Wildman–Crippen MR) is 91.4 cm³/mol. The van der Waals surface area contributed by atoms with Crippen molar-refractivity contribution in [3.63, 3.8) is 0 Å². The Hall–Kier alpha value is -2.44. The van der Waals surface area contributed by atoms with Crippen LogP contribution in [0.15, 0.2) is 24.3 Å². The van der Waals surface area contributed by atoms with Crippen LogP contribution in [-0.4, -0.2) is 40.9 Å². The Morgan fingerprint density at radius 3 is 2.19 bits per heavy atom. The zero-order valence-corrected chi connectivity index (χ0v) is 14.5. The molecule has 26 heavy (non-hydrogen) atoms. The number of benzene rings is 1. The van der Waals surface area contributed by atoms with E-state index in [0.29, 0.717) is 45.3 Å². The van der Waals surface area contributed by atoms with Gasteiger partial charge < -0.3 is 15.3 Å². The van der Waals surface area contributed by atoms with Gasteiger partial charge in [0.15, 0.2) is 0 Å². The summed E-state index contributed by atoms with van der Waals surface area (Å²) < 4.78 is 12.9. The summed E-state index contributed by atoms with van der Waals surface area (Å²) in [6.45, 7) is 1.31. The Morgan fingerprint density at radius 2 is 1.65 bits per heavy atom. The highest BCUT2D eigenvalue weighted by molar-refractivity contribution is 5.86. The average Bonchev–Trinajstić information content (AvgIpc) is 2.59. The number of carboxylic acids is 1. The molecule has 0 radical (unpaired) electrons. The van der Waals surface area contributed by atoms with Crippen LogP contribution in [0.4, 0.5) is 4.39 Å². The molecule has 1 heterocycles. The maximum Gasteiger partial charge on any atom is 0.307 e. The number of piperidine rings is 1. The molecule has 1 aromatic rings. The van der Waals surface area contributed by atoms with Gasteiger partial charge in [-0.3, -0.25) is 14.4 Å². The summed E-state index contributed by atoms with van der Waals surface area (Å²) in [4.78, 5) is 37.5. The van der Waals surface area contributed by atoms with Gasteiger partial charge in [-0.15, -0.1) is 0 Å². The Morgan fingerprint density at radius 1 is 1.04 bits per heavy atom. The number of halogens is 1. The number of amides is 2. The number of hydrogen-bond donors (Lipinski definition) is 2. The van der Waals surface area contributed by atoms with E-state index in [1.54, 1.807) is 17.0 Å². The van der Waals surface area contributed by atoms with Gasteiger partial charge in [0.2, 0.25) is 11.8 Å². The number of aliphatic carboxylic acids is 1. The molecular weight excluding hydrogens is 339 g/mol. The van der Waals surface area contributed by atoms with Crippen LogP contribution in [0.5, 0.6) is 0 Å². The zero-order valence-electron chi connectivity index (χ0n) is 14.5. The highest BCUT2D eigenvalue weighted by atomic mass is 19.1. The van der Waals surface area contributed by atoms with Gasteiger partial charge in [-0.25, -0.2) is 4.39 Å². The molecule has 0 bridgehead atoms. The third-order valence-electron chi connectivity index (χ3n) is 5.47. The Bertz CT molecular complexity index is 683. The van der Waals surface area contributed by atoms with Gasteiger partial charge in [0.05, 0.1) is 11.8 Å². The van der Waals surface area contributed by atoms with Crippen LogP contribution in [0.2, 0.25) is 0 Å². The molecule has 1 aromatic carbocycles. The SMILES string of the molecule is O=C(NCc1ccc(F)cc1)C1CCN(C(=O)C2CCC2C(=O)O)CC1. The van der Waals surface area contributed by atoms with Crippen LogP contribution in [0.25, 0.3) is 0 Å². The van der Waals surface area contributed by atoms with Crippen molar-refractivity contribution in [3.05, 3.63) is 35.6 Å². The fourth-order valence-electron chi connectivity index (χ4n) is 3.62. The minimum atomic E-state index is -0.898. The number of likely N-dealkylation sites (tertiary alicyclic amines) is 1. The van der Waals surface area contributed by atoms with E-state index in [1.807, 2.05) is 0 Å². The van der Waals surface area contributed by atoms with Crippen molar-refractivity contribution in [1.82, 2.24) is 10.2 Å². The molecule has 2 aliphatic rings. The fourth-order valence-corrected chi connectivity index (χ4v) is 3.62. The van der Waals surface area contributed by atoms with Gasteiger partial charge in [0.1, 0.15) is 5.82 Å². The van der Waals surface area contributed by atoms with E-state index in [9.17, 15) is 18.8 Å². The number of carboxylic acid groups (broad SMARTS) is 1. The monoisotopic (exact) mass is 362 g/mol. The van der Waals surface area contributed by atoms with Crippen LogP contribution >= 0.6 is 0 Å². The van der Waals surface area contributed by atoms with Gasteiger partial charge in [0.25, 0.3) is 0 Å². The zero-order chi connectivity index (χ0) is 18.7. The topological polar surface area (TPSA) is 86.7 Å².